The molecule has 184 valence electrons. The van der Waals surface area contributed by atoms with E-state index in [0.29, 0.717) is 41.8 Å². The molecule has 0 unspecified atom stereocenters. The first-order valence-corrected chi connectivity index (χ1v) is 13.5. The molecule has 4 rings (SSSR count). The summed E-state index contributed by atoms with van der Waals surface area (Å²) < 4.78 is 28.3. The number of nitrogens with zero attached hydrogens (tertiary/aromatic N) is 3. The van der Waals surface area contributed by atoms with Crippen molar-refractivity contribution in [2.24, 2.45) is 0 Å². The lowest BCUT2D eigenvalue weighted by Gasteiger charge is -2.37. The fraction of sp³-hybridized carbons (Fsp3) is 0.269. The van der Waals surface area contributed by atoms with Crippen LogP contribution in [0.15, 0.2) is 77.7 Å². The van der Waals surface area contributed by atoms with E-state index in [9.17, 15) is 13.2 Å². The molecule has 1 saturated heterocycles. The number of hydrogen-bond acceptors (Lipinski definition) is 4. The van der Waals surface area contributed by atoms with Crippen molar-refractivity contribution in [1.29, 1.82) is 0 Å². The van der Waals surface area contributed by atoms with E-state index in [4.69, 9.17) is 23.2 Å². The number of hydrogen-bond donors (Lipinski definition) is 0. The minimum atomic E-state index is -3.95. The van der Waals surface area contributed by atoms with Crippen LogP contribution in [0.1, 0.15) is 11.1 Å². The largest absolute Gasteiger partial charge is 0.368 e. The van der Waals surface area contributed by atoms with Crippen molar-refractivity contribution < 1.29 is 13.2 Å². The number of rotatable bonds is 7. The first-order chi connectivity index (χ1) is 16.7. The zero-order chi connectivity index (χ0) is 25.0. The van der Waals surface area contributed by atoms with Gasteiger partial charge in [0.1, 0.15) is 0 Å². The Morgan fingerprint density at radius 1 is 0.914 bits per heavy atom. The van der Waals surface area contributed by atoms with Gasteiger partial charge in [-0.2, -0.15) is 4.31 Å². The molecule has 0 radical (unpaired) electrons. The molecule has 1 fully saturated rings. The van der Waals surface area contributed by atoms with E-state index in [1.54, 1.807) is 47.4 Å². The Morgan fingerprint density at radius 3 is 2.20 bits per heavy atom. The average Bonchev–Trinajstić information content (AvgIpc) is 2.86. The second-order valence-corrected chi connectivity index (χ2v) is 11.3. The molecule has 0 aromatic heterocycles. The molecule has 35 heavy (non-hydrogen) atoms. The first kappa shape index (κ1) is 25.5. The van der Waals surface area contributed by atoms with Gasteiger partial charge in [-0.3, -0.25) is 4.79 Å². The fourth-order valence-corrected chi connectivity index (χ4v) is 5.86. The molecular formula is C26H27Cl2N3O3S. The van der Waals surface area contributed by atoms with E-state index >= 15 is 0 Å². The number of carbonyl (C=O) groups excluding carboxylic acids is 1. The van der Waals surface area contributed by atoms with Crippen LogP contribution >= 0.6 is 23.2 Å². The Hall–Kier alpha value is -2.58. The number of amides is 1. The first-order valence-electron chi connectivity index (χ1n) is 11.3. The van der Waals surface area contributed by atoms with Crippen molar-refractivity contribution in [3.05, 3.63) is 94.0 Å². The van der Waals surface area contributed by atoms with Crippen LogP contribution in [-0.2, 0) is 21.4 Å². The highest BCUT2D eigenvalue weighted by Gasteiger charge is 2.30. The molecule has 0 bridgehead atoms. The third-order valence-corrected chi connectivity index (χ3v) is 8.48. The summed E-state index contributed by atoms with van der Waals surface area (Å²) in [4.78, 5) is 17.3. The van der Waals surface area contributed by atoms with E-state index in [1.165, 1.54) is 4.31 Å². The predicted octanol–water partition coefficient (Wildman–Crippen LogP) is 4.84. The molecular weight excluding hydrogens is 505 g/mol. The van der Waals surface area contributed by atoms with Crippen LogP contribution in [0.2, 0.25) is 10.0 Å². The molecule has 1 aliphatic rings. The van der Waals surface area contributed by atoms with Gasteiger partial charge in [0.25, 0.3) is 0 Å². The summed E-state index contributed by atoms with van der Waals surface area (Å²) in [6, 6.07) is 21.6. The van der Waals surface area contributed by atoms with Gasteiger partial charge in [0, 0.05) is 48.5 Å². The number of anilines is 1. The normalized spacial score (nSPS) is 14.4. The summed E-state index contributed by atoms with van der Waals surface area (Å²) in [7, 11) is -3.95. The number of halogens is 2. The van der Waals surface area contributed by atoms with Crippen LogP contribution < -0.4 is 4.90 Å². The van der Waals surface area contributed by atoms with Crippen molar-refractivity contribution in [2.45, 2.75) is 18.4 Å². The Bertz CT molecular complexity index is 1280. The molecule has 1 heterocycles. The van der Waals surface area contributed by atoms with E-state index in [1.807, 2.05) is 37.3 Å². The number of sulfonamides is 1. The Balaban J connectivity index is 1.53. The molecule has 1 amide bonds. The van der Waals surface area contributed by atoms with Crippen LogP contribution in [0.4, 0.5) is 5.69 Å². The van der Waals surface area contributed by atoms with E-state index in [0.717, 1.165) is 11.3 Å². The maximum atomic E-state index is 13.6. The van der Waals surface area contributed by atoms with E-state index < -0.39 is 10.0 Å². The van der Waals surface area contributed by atoms with Crippen LogP contribution in [0.3, 0.4) is 0 Å². The van der Waals surface area contributed by atoms with Gasteiger partial charge in [-0.05, 0) is 48.9 Å². The molecule has 0 atom stereocenters. The van der Waals surface area contributed by atoms with Crippen LogP contribution in [-0.4, -0.2) is 56.3 Å². The second-order valence-electron chi connectivity index (χ2n) is 8.53. The highest BCUT2D eigenvalue weighted by Crippen LogP contribution is 2.26. The standard InChI is InChI=1S/C26H27Cl2N3O3S/c1-20-7-11-24(12-8-20)35(33,34)31(18-21-9-10-22(27)17-25(21)28)19-26(32)30-15-13-29(14-16-30)23-5-3-2-4-6-23/h2-12,17H,13-16,18-19H2,1H3. The van der Waals surface area contributed by atoms with Gasteiger partial charge in [-0.15, -0.1) is 0 Å². The number of carbonyl (C=O) groups is 1. The lowest BCUT2D eigenvalue weighted by Crippen LogP contribution is -2.51. The van der Waals surface area contributed by atoms with Gasteiger partial charge in [0.2, 0.25) is 15.9 Å². The van der Waals surface area contributed by atoms with Gasteiger partial charge < -0.3 is 9.80 Å². The molecule has 0 N–H and O–H groups in total. The van der Waals surface area contributed by atoms with Crippen molar-refractivity contribution in [3.8, 4) is 0 Å². The SMILES string of the molecule is Cc1ccc(S(=O)(=O)N(CC(=O)N2CCN(c3ccccc3)CC2)Cc2ccc(Cl)cc2Cl)cc1. The monoisotopic (exact) mass is 531 g/mol. The van der Waals surface area contributed by atoms with Gasteiger partial charge in [-0.1, -0.05) is 65.2 Å². The molecule has 0 spiro atoms. The maximum Gasteiger partial charge on any atom is 0.243 e. The smallest absolute Gasteiger partial charge is 0.243 e. The van der Waals surface area contributed by atoms with Crippen LogP contribution in [0, 0.1) is 6.92 Å². The summed E-state index contributed by atoms with van der Waals surface area (Å²) >= 11 is 12.4. The zero-order valence-corrected chi connectivity index (χ0v) is 21.7. The number of piperazine rings is 1. The van der Waals surface area contributed by atoms with Crippen LogP contribution in [0.5, 0.6) is 0 Å². The number of benzene rings is 3. The van der Waals surface area contributed by atoms with Crippen molar-refractivity contribution >= 4 is 44.8 Å². The van der Waals surface area contributed by atoms with Crippen molar-refractivity contribution in [2.75, 3.05) is 37.6 Å². The predicted molar refractivity (Wildman–Crippen MR) is 140 cm³/mol. The van der Waals surface area contributed by atoms with Gasteiger partial charge in [0.05, 0.1) is 11.4 Å². The molecule has 3 aromatic carbocycles. The second kappa shape index (κ2) is 11.0. The lowest BCUT2D eigenvalue weighted by atomic mass is 10.2. The van der Waals surface area contributed by atoms with Crippen molar-refractivity contribution in [1.82, 2.24) is 9.21 Å². The topological polar surface area (TPSA) is 60.9 Å². The van der Waals surface area contributed by atoms with E-state index in [2.05, 4.69) is 4.90 Å². The summed E-state index contributed by atoms with van der Waals surface area (Å²) in [5.74, 6) is -0.238. The molecule has 1 aliphatic heterocycles. The highest BCUT2D eigenvalue weighted by atomic mass is 35.5. The molecule has 0 aliphatic carbocycles. The summed E-state index contributed by atoms with van der Waals surface area (Å²) in [5.41, 5.74) is 2.64. The van der Waals surface area contributed by atoms with E-state index in [-0.39, 0.29) is 23.9 Å². The molecule has 3 aromatic rings. The maximum absolute atomic E-state index is 13.6. The summed E-state index contributed by atoms with van der Waals surface area (Å²) in [6.07, 6.45) is 0. The van der Waals surface area contributed by atoms with Gasteiger partial charge in [0.15, 0.2) is 0 Å². The number of aryl methyl sites for hydroxylation is 1. The van der Waals surface area contributed by atoms with Gasteiger partial charge in [-0.25, -0.2) is 8.42 Å². The quantitative estimate of drug-likeness (QED) is 0.437. The minimum Gasteiger partial charge on any atom is -0.368 e. The Labute approximate surface area is 216 Å². The Morgan fingerprint density at radius 2 is 1.57 bits per heavy atom. The molecule has 0 saturated carbocycles. The lowest BCUT2D eigenvalue weighted by molar-refractivity contribution is -0.131. The molecule has 9 heteroatoms. The third kappa shape index (κ3) is 6.16. The highest BCUT2D eigenvalue weighted by molar-refractivity contribution is 7.89. The Kier molecular flexibility index (Phi) is 8.02. The zero-order valence-electron chi connectivity index (χ0n) is 19.4. The average molecular weight is 532 g/mol. The summed E-state index contributed by atoms with van der Waals surface area (Å²) in [5, 5.41) is 0.810. The minimum absolute atomic E-state index is 0.0397. The van der Waals surface area contributed by atoms with Gasteiger partial charge >= 0.3 is 0 Å². The number of para-hydroxylation sites is 1. The van der Waals surface area contributed by atoms with Crippen LogP contribution in [0.25, 0.3) is 0 Å². The van der Waals surface area contributed by atoms with Crippen molar-refractivity contribution in [3.63, 3.8) is 0 Å². The molecule has 6 nitrogen and oxygen atoms in total. The third-order valence-electron chi connectivity index (χ3n) is 6.09. The fourth-order valence-electron chi connectivity index (χ4n) is 4.03. The summed E-state index contributed by atoms with van der Waals surface area (Å²) in [6.45, 7) is 3.98.